The molecule has 2 unspecified atom stereocenters. The average Bonchev–Trinajstić information content (AvgIpc) is 1.68. The van der Waals surface area contributed by atoms with Gasteiger partial charge in [-0.3, -0.25) is 34.2 Å². The van der Waals surface area contributed by atoms with Crippen molar-refractivity contribution in [3.8, 4) is 16.2 Å². The number of carbonyl (C=O) groups is 5. The van der Waals surface area contributed by atoms with Gasteiger partial charge in [0, 0.05) is 74.4 Å². The Balaban J connectivity index is 0.676. The molecule has 508 valence electrons. The first-order valence-corrected chi connectivity index (χ1v) is 37.0. The van der Waals surface area contributed by atoms with E-state index in [0.717, 1.165) is 119 Å². The molecule has 3 saturated heterocycles. The second-order valence-corrected chi connectivity index (χ2v) is 31.3. The predicted molar refractivity (Wildman–Crippen MR) is 376 cm³/mol. The first kappa shape index (κ1) is 69.7. The Morgan fingerprint density at radius 1 is 0.811 bits per heavy atom. The number of piperazine rings is 1. The van der Waals surface area contributed by atoms with Crippen molar-refractivity contribution in [3.05, 3.63) is 136 Å². The molecule has 2 saturated carbocycles. The Hall–Kier alpha value is -6.68. The van der Waals surface area contributed by atoms with Crippen LogP contribution in [0.15, 0.2) is 112 Å². The Labute approximate surface area is 573 Å². The third-order valence-corrected chi connectivity index (χ3v) is 23.9. The summed E-state index contributed by atoms with van der Waals surface area (Å²) >= 11 is 4.50. The fourth-order valence-electron chi connectivity index (χ4n) is 15.7. The van der Waals surface area contributed by atoms with Crippen molar-refractivity contribution in [2.45, 2.75) is 171 Å². The zero-order valence-corrected chi connectivity index (χ0v) is 58.9. The minimum atomic E-state index is -1.15. The van der Waals surface area contributed by atoms with Crippen molar-refractivity contribution < 1.29 is 43.3 Å². The SMILES string of the molecule is COc1cc(C)c(Sc2cnc(NC(=O)c3ccc(N4CCN(C5CCC(C6CCCCCC(C(=O)OCc7ccccc7)([C@H](C(=O)N7C[C@H](O)C[C@H]7C(=O)N[C@@H](C)c7ccc(-c8scnc8C)cc7)C(C)(C)C)CCCC6)CC5)CC4)cc3)s2)cc1C(=O)N1CCOCC1. The molecule has 20 heteroatoms. The van der Waals surface area contributed by atoms with Crippen molar-refractivity contribution in [3.63, 3.8) is 0 Å². The first-order chi connectivity index (χ1) is 45.8. The number of hydrogen-bond donors (Lipinski definition) is 3. The number of nitrogens with zero attached hydrogens (tertiary/aromatic N) is 6. The van der Waals surface area contributed by atoms with Gasteiger partial charge in [-0.2, -0.15) is 0 Å². The lowest BCUT2D eigenvalue weighted by Crippen LogP contribution is -2.56. The number of amides is 4. The monoisotopic (exact) mass is 1350 g/mol. The standard InChI is InChI=1S/C75H96N8O9S3/c1-49-42-63(90-7)61(70(87)82-38-40-91-41-39-82)44-64(49)94-65-45-76-73(95-65)79-68(85)57-26-30-59(31-27-57)81-36-34-80(35-37-81)58-28-24-55(25-29-58)54-18-12-9-14-32-75(33-15-13-19-54,72(89)92-47-52-16-10-8-11-17-52)67(74(4,5)6)71(88)83-46-60(84)43-62(83)69(86)78-50(2)53-20-22-56(23-21-53)66-51(3)77-48-93-66/h8,10-11,16-17,20-23,26-27,30-31,42,44-45,48,50,54-55,58,60,62,67,84H,9,12-15,18-19,24-25,28-29,32-41,43,46-47H2,1-7H3,(H,78,86)(H,76,79,85)/t50-,54?,55?,58?,60+,62-,67+,75?/m0/s1. The third-order valence-electron chi connectivity index (χ3n) is 20.7. The number of nitrogens with one attached hydrogen (secondary N) is 2. The van der Waals surface area contributed by atoms with E-state index in [1.54, 1.807) is 34.4 Å². The third kappa shape index (κ3) is 16.8. The van der Waals surface area contributed by atoms with Gasteiger partial charge < -0.3 is 39.3 Å². The highest BCUT2D eigenvalue weighted by atomic mass is 32.2. The lowest BCUT2D eigenvalue weighted by molar-refractivity contribution is -0.174. The van der Waals surface area contributed by atoms with E-state index in [2.05, 4.69) is 42.5 Å². The summed E-state index contributed by atoms with van der Waals surface area (Å²) in [5, 5.41) is 18.0. The van der Waals surface area contributed by atoms with Gasteiger partial charge >= 0.3 is 5.97 Å². The number of morpholine rings is 1. The number of β-amino-alcohol motifs (C(OH)–C–C–N with tert-alkyl or cyclic N) is 1. The molecule has 95 heavy (non-hydrogen) atoms. The number of methoxy groups -OCH3 is 1. The van der Waals surface area contributed by atoms with Gasteiger partial charge in [0.2, 0.25) is 11.8 Å². The van der Waals surface area contributed by atoms with Gasteiger partial charge in [0.15, 0.2) is 5.13 Å². The van der Waals surface area contributed by atoms with Crippen molar-refractivity contribution >= 4 is 74.9 Å². The molecule has 4 aromatic carbocycles. The van der Waals surface area contributed by atoms with Gasteiger partial charge in [-0.15, -0.1) is 11.3 Å². The number of ether oxygens (including phenoxy) is 3. The second-order valence-electron chi connectivity index (χ2n) is 28.0. The number of carbonyl (C=O) groups excluding carboxylic acids is 5. The number of esters is 1. The maximum Gasteiger partial charge on any atom is 0.313 e. The molecule has 3 aliphatic heterocycles. The summed E-state index contributed by atoms with van der Waals surface area (Å²) in [5.41, 5.74) is 7.01. The maximum atomic E-state index is 15.7. The lowest BCUT2D eigenvalue weighted by Gasteiger charge is -2.46. The number of aromatic nitrogens is 2. The number of benzene rings is 4. The van der Waals surface area contributed by atoms with E-state index in [1.165, 1.54) is 48.8 Å². The highest BCUT2D eigenvalue weighted by Gasteiger charge is 2.57. The molecule has 4 amide bonds. The molecular formula is C75H96N8O9S3. The molecule has 11 rings (SSSR count). The van der Waals surface area contributed by atoms with Crippen LogP contribution in [0.25, 0.3) is 10.4 Å². The molecule has 3 N–H and O–H groups in total. The van der Waals surface area contributed by atoms with E-state index in [9.17, 15) is 19.5 Å². The molecule has 0 bridgehead atoms. The van der Waals surface area contributed by atoms with E-state index in [1.807, 2.05) is 126 Å². The highest BCUT2D eigenvalue weighted by molar-refractivity contribution is 8.01. The van der Waals surface area contributed by atoms with Gasteiger partial charge in [-0.05, 0) is 135 Å². The van der Waals surface area contributed by atoms with Crippen LogP contribution in [0.5, 0.6) is 5.75 Å². The number of hydrogen-bond acceptors (Lipinski definition) is 16. The summed E-state index contributed by atoms with van der Waals surface area (Å²) in [7, 11) is 1.58. The van der Waals surface area contributed by atoms with Crippen LogP contribution < -0.4 is 20.3 Å². The zero-order valence-electron chi connectivity index (χ0n) is 56.4. The summed E-state index contributed by atoms with van der Waals surface area (Å²) in [5.74, 6) is -0.230. The summed E-state index contributed by atoms with van der Waals surface area (Å²) in [6, 6.07) is 28.9. The molecule has 5 fully saturated rings. The number of aliphatic hydroxyl groups is 1. The maximum absolute atomic E-state index is 15.7. The molecule has 5 aliphatic rings. The topological polar surface area (TPSA) is 196 Å². The van der Waals surface area contributed by atoms with Crippen LogP contribution in [-0.2, 0) is 30.5 Å². The van der Waals surface area contributed by atoms with Crippen LogP contribution in [0.1, 0.15) is 167 Å². The van der Waals surface area contributed by atoms with Crippen molar-refractivity contribution in [1.82, 2.24) is 30.0 Å². The number of likely N-dealkylation sites (tertiary alicyclic amines) is 1. The molecule has 5 heterocycles. The normalized spacial score (nSPS) is 23.2. The van der Waals surface area contributed by atoms with E-state index < -0.39 is 28.9 Å². The minimum Gasteiger partial charge on any atom is -0.496 e. The average molecular weight is 1350 g/mol. The van der Waals surface area contributed by atoms with E-state index >= 15 is 9.59 Å². The summed E-state index contributed by atoms with van der Waals surface area (Å²) < 4.78 is 18.4. The lowest BCUT2D eigenvalue weighted by atomic mass is 9.59. The van der Waals surface area contributed by atoms with Crippen LogP contribution >= 0.6 is 34.4 Å². The quantitative estimate of drug-likeness (QED) is 0.0687. The van der Waals surface area contributed by atoms with Gasteiger partial charge in [-0.25, -0.2) is 9.97 Å². The molecule has 0 radical (unpaired) electrons. The molecule has 2 aromatic heterocycles. The van der Waals surface area contributed by atoms with Crippen molar-refractivity contribution in [2.75, 3.05) is 76.4 Å². The summed E-state index contributed by atoms with van der Waals surface area (Å²) in [6.45, 7) is 18.1. The molecule has 17 nitrogen and oxygen atoms in total. The van der Waals surface area contributed by atoms with Gasteiger partial charge in [-0.1, -0.05) is 143 Å². The largest absolute Gasteiger partial charge is 0.496 e. The van der Waals surface area contributed by atoms with Crippen LogP contribution in [-0.4, -0.2) is 144 Å². The van der Waals surface area contributed by atoms with Crippen LogP contribution in [0.3, 0.4) is 0 Å². The fourth-order valence-corrected chi connectivity index (χ4v) is 18.4. The molecule has 2 aliphatic carbocycles. The molecular weight excluding hydrogens is 1250 g/mol. The smallest absolute Gasteiger partial charge is 0.313 e. The zero-order chi connectivity index (χ0) is 66.8. The van der Waals surface area contributed by atoms with Crippen LogP contribution in [0, 0.1) is 42.4 Å². The molecule has 6 atom stereocenters. The van der Waals surface area contributed by atoms with Crippen LogP contribution in [0.2, 0.25) is 0 Å². The predicted octanol–water partition coefficient (Wildman–Crippen LogP) is 13.8. The van der Waals surface area contributed by atoms with E-state index in [-0.39, 0.29) is 55.2 Å². The molecule has 0 spiro atoms. The van der Waals surface area contributed by atoms with E-state index in [4.69, 9.17) is 14.2 Å². The number of rotatable bonds is 18. The summed E-state index contributed by atoms with van der Waals surface area (Å²) in [6.07, 6.45) is 13.6. The second kappa shape index (κ2) is 31.7. The summed E-state index contributed by atoms with van der Waals surface area (Å²) in [4.78, 5) is 92.0. The number of aliphatic hydroxyl groups excluding tert-OH is 1. The van der Waals surface area contributed by atoms with E-state index in [0.29, 0.717) is 79.0 Å². The number of aryl methyl sites for hydroxylation is 2. The Morgan fingerprint density at radius 2 is 1.49 bits per heavy atom. The van der Waals surface area contributed by atoms with Crippen molar-refractivity contribution in [2.24, 2.45) is 28.6 Å². The van der Waals surface area contributed by atoms with Crippen LogP contribution in [0.4, 0.5) is 10.8 Å². The first-order valence-electron chi connectivity index (χ1n) is 34.5. The van der Waals surface area contributed by atoms with Gasteiger partial charge in [0.1, 0.15) is 18.4 Å². The van der Waals surface area contributed by atoms with Gasteiger partial charge in [0.05, 0.1) is 75.9 Å². The van der Waals surface area contributed by atoms with Crippen molar-refractivity contribution in [1.29, 1.82) is 0 Å². The highest BCUT2D eigenvalue weighted by Crippen LogP contribution is 2.51. The Bertz CT molecular complexity index is 3570. The Morgan fingerprint density at radius 3 is 2.17 bits per heavy atom. The number of anilines is 2. The van der Waals surface area contributed by atoms with Gasteiger partial charge in [0.25, 0.3) is 11.8 Å². The Kier molecular flexibility index (Phi) is 23.2. The molecule has 6 aromatic rings. The fraction of sp³-hybridized carbons (Fsp3) is 0.533. The number of thiazole rings is 2. The minimum absolute atomic E-state index is 0.0183.